The number of rotatable bonds is 8. The summed E-state index contributed by atoms with van der Waals surface area (Å²) in [6, 6.07) is 8.84. The number of aromatic nitrogens is 2. The SMILES string of the molecule is O=C(NCC(c1scnc1C(F)F)N1CCC(Oc2ccccn2)CC1)c1c(F)cccc1Cl. The first-order chi connectivity index (χ1) is 16.4. The molecule has 1 atom stereocenters. The van der Waals surface area contributed by atoms with Gasteiger partial charge in [-0.1, -0.05) is 23.7 Å². The van der Waals surface area contributed by atoms with Crippen LogP contribution in [0.25, 0.3) is 0 Å². The lowest BCUT2D eigenvalue weighted by Gasteiger charge is -2.37. The molecule has 1 unspecified atom stereocenters. The molecular weight excluding hydrogens is 489 g/mol. The summed E-state index contributed by atoms with van der Waals surface area (Å²) < 4.78 is 47.3. The van der Waals surface area contributed by atoms with Crippen LogP contribution in [-0.2, 0) is 0 Å². The number of likely N-dealkylation sites (tertiary alicyclic amines) is 1. The zero-order chi connectivity index (χ0) is 24.1. The van der Waals surface area contributed by atoms with Gasteiger partial charge in [0, 0.05) is 31.9 Å². The third-order valence-electron chi connectivity index (χ3n) is 5.62. The van der Waals surface area contributed by atoms with E-state index in [-0.39, 0.29) is 28.9 Å². The van der Waals surface area contributed by atoms with Crippen LogP contribution in [0.2, 0.25) is 5.02 Å². The highest BCUT2D eigenvalue weighted by Gasteiger charge is 2.32. The molecule has 0 aliphatic carbocycles. The third kappa shape index (κ3) is 5.68. The molecule has 0 bridgehead atoms. The number of nitrogens with zero attached hydrogens (tertiary/aromatic N) is 3. The van der Waals surface area contributed by atoms with Crippen LogP contribution < -0.4 is 10.1 Å². The average molecular weight is 511 g/mol. The van der Waals surface area contributed by atoms with Crippen molar-refractivity contribution in [2.75, 3.05) is 19.6 Å². The van der Waals surface area contributed by atoms with Crippen molar-refractivity contribution in [1.82, 2.24) is 20.2 Å². The Hall–Kier alpha value is -2.69. The zero-order valence-corrected chi connectivity index (χ0v) is 19.5. The summed E-state index contributed by atoms with van der Waals surface area (Å²) in [5.41, 5.74) is 0.792. The molecule has 1 amide bonds. The van der Waals surface area contributed by atoms with Crippen molar-refractivity contribution in [3.05, 3.63) is 75.1 Å². The van der Waals surface area contributed by atoms with Crippen LogP contribution in [0.1, 0.15) is 46.2 Å². The van der Waals surface area contributed by atoms with E-state index in [0.29, 0.717) is 36.7 Å². The van der Waals surface area contributed by atoms with Gasteiger partial charge in [-0.05, 0) is 31.0 Å². The van der Waals surface area contributed by atoms with E-state index in [1.807, 2.05) is 11.0 Å². The molecule has 0 radical (unpaired) electrons. The molecule has 1 N–H and O–H groups in total. The number of benzene rings is 1. The number of carbonyl (C=O) groups excluding carboxylic acids is 1. The van der Waals surface area contributed by atoms with E-state index in [4.69, 9.17) is 16.3 Å². The molecule has 1 aliphatic rings. The highest BCUT2D eigenvalue weighted by Crippen LogP contribution is 2.34. The Morgan fingerprint density at radius 1 is 1.21 bits per heavy atom. The van der Waals surface area contributed by atoms with Crippen LogP contribution in [0.3, 0.4) is 0 Å². The maximum Gasteiger partial charge on any atom is 0.281 e. The molecule has 1 saturated heterocycles. The summed E-state index contributed by atoms with van der Waals surface area (Å²) in [5, 5.41) is 2.65. The van der Waals surface area contributed by atoms with Gasteiger partial charge in [0.2, 0.25) is 5.88 Å². The second-order valence-electron chi connectivity index (χ2n) is 7.75. The predicted octanol–water partition coefficient (Wildman–Crippen LogP) is 5.28. The highest BCUT2D eigenvalue weighted by atomic mass is 35.5. The molecule has 11 heteroatoms. The van der Waals surface area contributed by atoms with Crippen LogP contribution in [0.4, 0.5) is 13.2 Å². The number of hydrogen-bond acceptors (Lipinski definition) is 6. The molecule has 0 spiro atoms. The van der Waals surface area contributed by atoms with Crippen LogP contribution in [0, 0.1) is 5.82 Å². The number of halogens is 4. The van der Waals surface area contributed by atoms with Crippen LogP contribution in [0.15, 0.2) is 48.1 Å². The van der Waals surface area contributed by atoms with Crippen molar-refractivity contribution < 1.29 is 22.7 Å². The van der Waals surface area contributed by atoms with E-state index >= 15 is 0 Å². The summed E-state index contributed by atoms with van der Waals surface area (Å²) in [6.45, 7) is 1.11. The van der Waals surface area contributed by atoms with Gasteiger partial charge in [0.1, 0.15) is 17.6 Å². The Bertz CT molecular complexity index is 1090. The molecule has 3 aromatic rings. The molecule has 180 valence electrons. The molecule has 6 nitrogen and oxygen atoms in total. The van der Waals surface area contributed by atoms with E-state index in [1.54, 1.807) is 18.3 Å². The molecular formula is C23H22ClF3N4O2S. The summed E-state index contributed by atoms with van der Waals surface area (Å²) in [4.78, 5) is 23.1. The fourth-order valence-electron chi connectivity index (χ4n) is 3.95. The number of amides is 1. The van der Waals surface area contributed by atoms with Crippen LogP contribution in [0.5, 0.6) is 5.88 Å². The number of piperidine rings is 1. The number of carbonyl (C=O) groups is 1. The van der Waals surface area contributed by atoms with Gasteiger partial charge in [-0.2, -0.15) is 0 Å². The highest BCUT2D eigenvalue weighted by molar-refractivity contribution is 7.09. The maximum absolute atomic E-state index is 14.2. The molecule has 4 rings (SSSR count). The van der Waals surface area contributed by atoms with Gasteiger partial charge >= 0.3 is 0 Å². The molecule has 1 fully saturated rings. The number of ether oxygens (including phenoxy) is 1. The van der Waals surface area contributed by atoms with Gasteiger partial charge in [-0.25, -0.2) is 23.1 Å². The Morgan fingerprint density at radius 3 is 2.68 bits per heavy atom. The van der Waals surface area contributed by atoms with Gasteiger partial charge < -0.3 is 10.1 Å². The smallest absolute Gasteiger partial charge is 0.281 e. The Labute approximate surface area is 203 Å². The minimum atomic E-state index is -2.74. The van der Waals surface area contributed by atoms with E-state index in [9.17, 15) is 18.0 Å². The molecule has 1 aliphatic heterocycles. The topological polar surface area (TPSA) is 67.4 Å². The number of thiazole rings is 1. The minimum absolute atomic E-state index is 0.00280. The van der Waals surface area contributed by atoms with E-state index in [1.165, 1.54) is 17.6 Å². The second-order valence-corrected chi connectivity index (χ2v) is 9.04. The average Bonchev–Trinajstić information content (AvgIpc) is 3.31. The normalized spacial score (nSPS) is 15.9. The van der Waals surface area contributed by atoms with Gasteiger partial charge in [0.25, 0.3) is 12.3 Å². The van der Waals surface area contributed by atoms with Crippen LogP contribution >= 0.6 is 22.9 Å². The number of alkyl halides is 2. The first-order valence-corrected chi connectivity index (χ1v) is 11.9. The van der Waals surface area contributed by atoms with Crippen molar-refractivity contribution in [2.45, 2.75) is 31.4 Å². The lowest BCUT2D eigenvalue weighted by Crippen LogP contribution is -2.44. The Morgan fingerprint density at radius 2 is 2.00 bits per heavy atom. The fourth-order valence-corrected chi connectivity index (χ4v) is 5.13. The maximum atomic E-state index is 14.2. The van der Waals surface area contributed by atoms with Gasteiger partial charge in [0.15, 0.2) is 0 Å². The summed E-state index contributed by atoms with van der Waals surface area (Å²) in [7, 11) is 0. The third-order valence-corrected chi connectivity index (χ3v) is 6.88. The monoisotopic (exact) mass is 510 g/mol. The predicted molar refractivity (Wildman–Crippen MR) is 123 cm³/mol. The summed E-state index contributed by atoms with van der Waals surface area (Å²) >= 11 is 7.11. The van der Waals surface area contributed by atoms with E-state index in [0.717, 1.165) is 17.4 Å². The molecule has 0 saturated carbocycles. The molecule has 3 heterocycles. The fraction of sp³-hybridized carbons (Fsp3) is 0.348. The first kappa shape index (κ1) is 24.4. The van der Waals surface area contributed by atoms with Crippen molar-refractivity contribution in [3.8, 4) is 5.88 Å². The van der Waals surface area contributed by atoms with Gasteiger partial charge in [0.05, 0.1) is 27.0 Å². The quantitative estimate of drug-likeness (QED) is 0.446. The Kier molecular flexibility index (Phi) is 8.02. The summed E-state index contributed by atoms with van der Waals surface area (Å²) in [6.07, 6.45) is 0.159. The second kappa shape index (κ2) is 11.2. The number of hydrogen-bond donors (Lipinski definition) is 1. The molecule has 34 heavy (non-hydrogen) atoms. The Balaban J connectivity index is 1.48. The molecule has 2 aromatic heterocycles. The van der Waals surface area contributed by atoms with Gasteiger partial charge in [-0.15, -0.1) is 11.3 Å². The van der Waals surface area contributed by atoms with E-state index in [2.05, 4.69) is 15.3 Å². The van der Waals surface area contributed by atoms with Crippen molar-refractivity contribution in [3.63, 3.8) is 0 Å². The largest absolute Gasteiger partial charge is 0.474 e. The van der Waals surface area contributed by atoms with Crippen molar-refractivity contribution >= 4 is 28.8 Å². The minimum Gasteiger partial charge on any atom is -0.474 e. The number of pyridine rings is 1. The lowest BCUT2D eigenvalue weighted by atomic mass is 10.0. The first-order valence-electron chi connectivity index (χ1n) is 10.7. The van der Waals surface area contributed by atoms with Crippen LogP contribution in [-0.4, -0.2) is 46.5 Å². The number of nitrogens with one attached hydrogen (secondary N) is 1. The zero-order valence-electron chi connectivity index (χ0n) is 18.0. The standard InChI is InChI=1S/C23H22ClF3N4O2S/c24-15-4-3-5-16(25)19(15)23(32)29-12-17(21-20(22(26)27)30-13-34-21)31-10-7-14(8-11-31)33-18-6-1-2-9-28-18/h1-6,9,13-14,17,22H,7-8,10-12H2,(H,29,32). The lowest BCUT2D eigenvalue weighted by molar-refractivity contribution is 0.0681. The molecule has 1 aromatic carbocycles. The summed E-state index contributed by atoms with van der Waals surface area (Å²) in [5.74, 6) is -0.918. The van der Waals surface area contributed by atoms with Crippen molar-refractivity contribution in [1.29, 1.82) is 0 Å². The van der Waals surface area contributed by atoms with Crippen molar-refractivity contribution in [2.24, 2.45) is 0 Å². The van der Waals surface area contributed by atoms with E-state index < -0.39 is 24.2 Å². The van der Waals surface area contributed by atoms with Gasteiger partial charge in [-0.3, -0.25) is 9.69 Å².